The molecule has 0 saturated heterocycles. The minimum absolute atomic E-state index is 0.159. The third-order valence-corrected chi connectivity index (χ3v) is 2.58. The number of nitrogens with one attached hydrogen (secondary N) is 2. The highest BCUT2D eigenvalue weighted by Crippen LogP contribution is 2.45. The Morgan fingerprint density at radius 2 is 1.88 bits per heavy atom. The fourth-order valence-electron chi connectivity index (χ4n) is 1.32. The van der Waals surface area contributed by atoms with Crippen LogP contribution in [0, 0.1) is 5.41 Å². The number of carbonyl (C=O) groups is 3. The Labute approximate surface area is 93.4 Å². The number of carbonyl (C=O) groups excluding carboxylic acids is 2. The molecule has 1 rings (SSSR count). The van der Waals surface area contributed by atoms with Crippen LogP contribution >= 0.6 is 0 Å². The van der Waals surface area contributed by atoms with Crippen LogP contribution in [0.3, 0.4) is 0 Å². The second kappa shape index (κ2) is 4.96. The second-order valence-corrected chi connectivity index (χ2v) is 3.92. The lowest BCUT2D eigenvalue weighted by atomic mass is 10.1. The van der Waals surface area contributed by atoms with Crippen molar-refractivity contribution >= 4 is 17.8 Å². The van der Waals surface area contributed by atoms with Crippen molar-refractivity contribution in [3.05, 3.63) is 0 Å². The first-order valence-electron chi connectivity index (χ1n) is 5.31. The van der Waals surface area contributed by atoms with Crippen LogP contribution in [0.15, 0.2) is 0 Å². The van der Waals surface area contributed by atoms with E-state index < -0.39 is 17.3 Å². The molecular formula is C10H16N2O4. The van der Waals surface area contributed by atoms with Crippen LogP contribution in [0.4, 0.5) is 0 Å². The van der Waals surface area contributed by atoms with Gasteiger partial charge in [-0.3, -0.25) is 14.4 Å². The van der Waals surface area contributed by atoms with Crippen LogP contribution in [-0.4, -0.2) is 36.0 Å². The van der Waals surface area contributed by atoms with Crippen LogP contribution in [0.5, 0.6) is 0 Å². The lowest BCUT2D eigenvalue weighted by Crippen LogP contribution is -2.42. The average Bonchev–Trinajstić information content (AvgIpc) is 3.03. The Bertz CT molecular complexity index is 310. The Hall–Kier alpha value is -1.59. The lowest BCUT2D eigenvalue weighted by Gasteiger charge is -2.10. The normalized spacial score (nSPS) is 16.3. The molecule has 0 unspecified atom stereocenters. The van der Waals surface area contributed by atoms with E-state index >= 15 is 0 Å². The van der Waals surface area contributed by atoms with Gasteiger partial charge in [-0.1, -0.05) is 6.92 Å². The van der Waals surface area contributed by atoms with Gasteiger partial charge in [-0.2, -0.15) is 0 Å². The molecule has 0 aromatic heterocycles. The maximum absolute atomic E-state index is 11.5. The summed E-state index contributed by atoms with van der Waals surface area (Å²) in [5, 5.41) is 13.8. The van der Waals surface area contributed by atoms with Gasteiger partial charge < -0.3 is 15.7 Å². The monoisotopic (exact) mass is 228 g/mol. The van der Waals surface area contributed by atoms with E-state index in [-0.39, 0.29) is 12.5 Å². The van der Waals surface area contributed by atoms with Gasteiger partial charge >= 0.3 is 5.97 Å². The molecule has 0 aromatic rings. The lowest BCUT2D eigenvalue weighted by molar-refractivity contribution is -0.149. The Morgan fingerprint density at radius 1 is 1.25 bits per heavy atom. The summed E-state index contributed by atoms with van der Waals surface area (Å²) in [6.07, 6.45) is 1.52. The average molecular weight is 228 g/mol. The van der Waals surface area contributed by atoms with E-state index in [1.165, 1.54) is 0 Å². The number of amides is 2. The molecule has 1 aliphatic rings. The number of hydrogen-bond donors (Lipinski definition) is 3. The van der Waals surface area contributed by atoms with E-state index in [4.69, 9.17) is 5.11 Å². The Morgan fingerprint density at radius 3 is 2.31 bits per heavy atom. The van der Waals surface area contributed by atoms with Crippen molar-refractivity contribution in [2.24, 2.45) is 5.41 Å². The van der Waals surface area contributed by atoms with Gasteiger partial charge in [0.1, 0.15) is 5.41 Å². The van der Waals surface area contributed by atoms with Crippen molar-refractivity contribution in [1.82, 2.24) is 10.6 Å². The van der Waals surface area contributed by atoms with E-state index in [9.17, 15) is 14.4 Å². The zero-order valence-corrected chi connectivity index (χ0v) is 9.21. The number of aliphatic carboxylic acids is 1. The van der Waals surface area contributed by atoms with Crippen molar-refractivity contribution in [2.75, 3.05) is 13.1 Å². The largest absolute Gasteiger partial charge is 0.480 e. The maximum atomic E-state index is 11.5. The highest BCUT2D eigenvalue weighted by Gasteiger charge is 2.57. The third-order valence-electron chi connectivity index (χ3n) is 2.58. The van der Waals surface area contributed by atoms with Crippen molar-refractivity contribution < 1.29 is 19.5 Å². The van der Waals surface area contributed by atoms with Gasteiger partial charge in [-0.05, 0) is 19.3 Å². The van der Waals surface area contributed by atoms with Crippen LogP contribution in [0.25, 0.3) is 0 Å². The van der Waals surface area contributed by atoms with Crippen LogP contribution in [-0.2, 0) is 14.4 Å². The fourth-order valence-corrected chi connectivity index (χ4v) is 1.32. The molecule has 0 radical (unpaired) electrons. The number of rotatable bonds is 6. The minimum Gasteiger partial charge on any atom is -0.480 e. The van der Waals surface area contributed by atoms with E-state index in [1.807, 2.05) is 6.92 Å². The molecule has 0 aliphatic heterocycles. The molecule has 90 valence electrons. The maximum Gasteiger partial charge on any atom is 0.319 e. The smallest absolute Gasteiger partial charge is 0.319 e. The molecule has 0 aromatic carbocycles. The molecule has 6 nitrogen and oxygen atoms in total. The molecule has 1 fully saturated rings. The highest BCUT2D eigenvalue weighted by molar-refractivity contribution is 6.05. The summed E-state index contributed by atoms with van der Waals surface area (Å²) in [4.78, 5) is 33.4. The van der Waals surface area contributed by atoms with Crippen LogP contribution < -0.4 is 10.6 Å². The highest BCUT2D eigenvalue weighted by atomic mass is 16.4. The van der Waals surface area contributed by atoms with E-state index in [1.54, 1.807) is 0 Å². The molecule has 0 atom stereocenters. The summed E-state index contributed by atoms with van der Waals surface area (Å²) in [5.74, 6) is -1.97. The van der Waals surface area contributed by atoms with Crippen molar-refractivity contribution in [3.63, 3.8) is 0 Å². The molecule has 0 bridgehead atoms. The molecule has 1 aliphatic carbocycles. The van der Waals surface area contributed by atoms with Crippen molar-refractivity contribution in [1.29, 1.82) is 0 Å². The molecule has 6 heteroatoms. The van der Waals surface area contributed by atoms with Crippen molar-refractivity contribution in [3.8, 4) is 0 Å². The predicted octanol–water partition coefficient (Wildman–Crippen LogP) is -0.506. The van der Waals surface area contributed by atoms with Gasteiger partial charge in [-0.25, -0.2) is 0 Å². The van der Waals surface area contributed by atoms with E-state index in [0.29, 0.717) is 19.4 Å². The van der Waals surface area contributed by atoms with E-state index in [0.717, 1.165) is 6.42 Å². The molecule has 16 heavy (non-hydrogen) atoms. The van der Waals surface area contributed by atoms with Gasteiger partial charge in [0.2, 0.25) is 11.8 Å². The molecule has 0 spiro atoms. The van der Waals surface area contributed by atoms with Gasteiger partial charge in [0.15, 0.2) is 0 Å². The Kier molecular flexibility index (Phi) is 3.87. The fraction of sp³-hybridized carbons (Fsp3) is 0.700. The quantitative estimate of drug-likeness (QED) is 0.534. The van der Waals surface area contributed by atoms with Gasteiger partial charge in [0, 0.05) is 6.54 Å². The van der Waals surface area contributed by atoms with Gasteiger partial charge in [0.05, 0.1) is 6.54 Å². The summed E-state index contributed by atoms with van der Waals surface area (Å²) in [6, 6.07) is 0. The molecule has 0 heterocycles. The summed E-state index contributed by atoms with van der Waals surface area (Å²) >= 11 is 0. The summed E-state index contributed by atoms with van der Waals surface area (Å²) in [5.41, 5.74) is -1.27. The number of carboxylic acids is 1. The SMILES string of the molecule is CCCNC(=O)CNC(=O)C1(C(=O)O)CC1. The predicted molar refractivity (Wildman–Crippen MR) is 55.6 cm³/mol. The number of hydrogen-bond acceptors (Lipinski definition) is 3. The summed E-state index contributed by atoms with van der Waals surface area (Å²) in [6.45, 7) is 2.31. The van der Waals surface area contributed by atoms with Gasteiger partial charge in [0.25, 0.3) is 0 Å². The topological polar surface area (TPSA) is 95.5 Å². The van der Waals surface area contributed by atoms with Crippen molar-refractivity contribution in [2.45, 2.75) is 26.2 Å². The first-order valence-corrected chi connectivity index (χ1v) is 5.31. The standard InChI is InChI=1S/C10H16N2O4/c1-2-5-11-7(13)6-12-8(14)10(3-4-10)9(15)16/h2-6H2,1H3,(H,11,13)(H,12,14)(H,15,16). The first kappa shape index (κ1) is 12.5. The summed E-state index contributed by atoms with van der Waals surface area (Å²) in [7, 11) is 0. The minimum atomic E-state index is -1.27. The second-order valence-electron chi connectivity index (χ2n) is 3.92. The third kappa shape index (κ3) is 2.71. The van der Waals surface area contributed by atoms with Crippen LogP contribution in [0.1, 0.15) is 26.2 Å². The van der Waals surface area contributed by atoms with Crippen LogP contribution in [0.2, 0.25) is 0 Å². The molecular weight excluding hydrogens is 212 g/mol. The van der Waals surface area contributed by atoms with E-state index in [2.05, 4.69) is 10.6 Å². The number of carboxylic acid groups (broad SMARTS) is 1. The Balaban J connectivity index is 2.31. The molecule has 2 amide bonds. The molecule has 1 saturated carbocycles. The zero-order chi connectivity index (χ0) is 12.2. The first-order chi connectivity index (χ1) is 7.53. The zero-order valence-electron chi connectivity index (χ0n) is 9.21. The molecule has 3 N–H and O–H groups in total. The summed E-state index contributed by atoms with van der Waals surface area (Å²) < 4.78 is 0. The van der Waals surface area contributed by atoms with Gasteiger partial charge in [-0.15, -0.1) is 0 Å².